The highest BCUT2D eigenvalue weighted by Crippen LogP contribution is 2.21. The molecule has 2 heterocycles. The number of imidazole rings is 1. The molecule has 6 nitrogen and oxygen atoms in total. The van der Waals surface area contributed by atoms with Crippen LogP contribution in [0.1, 0.15) is 7.43 Å². The zero-order valence-electron chi connectivity index (χ0n) is 10.8. The molecule has 0 unspecified atom stereocenters. The van der Waals surface area contributed by atoms with Crippen LogP contribution in [0.15, 0.2) is 49.6 Å². The lowest BCUT2D eigenvalue weighted by Crippen LogP contribution is -2.07. The number of benzene rings is 1. The van der Waals surface area contributed by atoms with Gasteiger partial charge in [0.05, 0.1) is 23.4 Å². The van der Waals surface area contributed by atoms with Crippen LogP contribution in [-0.4, -0.2) is 25.4 Å². The van der Waals surface area contributed by atoms with Crippen LogP contribution < -0.4 is 5.32 Å². The Morgan fingerprint density at radius 3 is 2.91 bits per heavy atom. The van der Waals surface area contributed by atoms with Crippen molar-refractivity contribution >= 4 is 34.2 Å². The van der Waals surface area contributed by atoms with Crippen LogP contribution in [0.4, 0.5) is 5.69 Å². The van der Waals surface area contributed by atoms with Crippen molar-refractivity contribution in [3.63, 3.8) is 0 Å². The van der Waals surface area contributed by atoms with Crippen molar-refractivity contribution in [3.8, 4) is 5.82 Å². The highest BCUT2D eigenvalue weighted by Gasteiger charge is 2.08. The van der Waals surface area contributed by atoms with E-state index < -0.39 is 0 Å². The molecule has 0 atom stereocenters. The second-order valence-electron chi connectivity index (χ2n) is 4.21. The maximum Gasteiger partial charge on any atom is 0.247 e. The fourth-order valence-electron chi connectivity index (χ4n) is 1.91. The average molecular weight is 316 g/mol. The Bertz CT molecular complexity index is 843. The third kappa shape index (κ3) is 2.96. The van der Waals surface area contributed by atoms with E-state index in [1.807, 2.05) is 6.07 Å². The summed E-state index contributed by atoms with van der Waals surface area (Å²) in [5, 5.41) is 3.00. The average Bonchev–Trinajstić information content (AvgIpc) is 2.90. The molecule has 0 radical (unpaired) electrons. The Morgan fingerprint density at radius 1 is 1.36 bits per heavy atom. The largest absolute Gasteiger partial charge is 0.322 e. The summed E-state index contributed by atoms with van der Waals surface area (Å²) in [6.07, 6.45) is 5.88. The van der Waals surface area contributed by atoms with E-state index in [4.69, 9.17) is 11.6 Å². The van der Waals surface area contributed by atoms with Crippen molar-refractivity contribution < 1.29 is 4.79 Å². The molecule has 2 aromatic heterocycles. The summed E-state index contributed by atoms with van der Waals surface area (Å²) in [5.41, 5.74) is 2.20. The Labute approximate surface area is 132 Å². The van der Waals surface area contributed by atoms with Gasteiger partial charge in [-0.2, -0.15) is 0 Å². The molecule has 0 aliphatic rings. The van der Waals surface area contributed by atoms with Crippen molar-refractivity contribution in [1.29, 1.82) is 0 Å². The first-order chi connectivity index (χ1) is 10.2. The van der Waals surface area contributed by atoms with Gasteiger partial charge in [0.15, 0.2) is 5.82 Å². The molecule has 0 spiro atoms. The molecule has 0 aliphatic carbocycles. The van der Waals surface area contributed by atoms with Gasteiger partial charge >= 0.3 is 0 Å². The minimum absolute atomic E-state index is 0. The summed E-state index contributed by atoms with van der Waals surface area (Å²) < 4.78 is 1.75. The molecule has 1 N–H and O–H groups in total. The van der Waals surface area contributed by atoms with E-state index in [0.29, 0.717) is 16.7 Å². The van der Waals surface area contributed by atoms with E-state index >= 15 is 0 Å². The summed E-state index contributed by atoms with van der Waals surface area (Å²) in [7, 11) is 0. The minimum atomic E-state index is -0.275. The van der Waals surface area contributed by atoms with Gasteiger partial charge in [0.1, 0.15) is 11.5 Å². The van der Waals surface area contributed by atoms with E-state index in [2.05, 4.69) is 26.8 Å². The molecule has 0 saturated heterocycles. The van der Waals surface area contributed by atoms with Gasteiger partial charge in [-0.25, -0.2) is 9.97 Å². The van der Waals surface area contributed by atoms with Gasteiger partial charge in [0, 0.05) is 5.69 Å². The van der Waals surface area contributed by atoms with E-state index in [1.54, 1.807) is 29.2 Å². The lowest BCUT2D eigenvalue weighted by Gasteiger charge is -2.05. The van der Waals surface area contributed by atoms with Gasteiger partial charge in [0.2, 0.25) is 5.91 Å². The van der Waals surface area contributed by atoms with E-state index in [1.165, 1.54) is 12.3 Å². The summed E-state index contributed by atoms with van der Waals surface area (Å²) in [6.45, 7) is 3.42. The number of anilines is 1. The van der Waals surface area contributed by atoms with Gasteiger partial charge in [-0.1, -0.05) is 25.6 Å². The lowest BCUT2D eigenvalue weighted by atomic mass is 10.2. The SMILES string of the molecule is C.C=CC(=O)Nc1ccc2ncn(-c3cncc(Cl)n3)c2c1. The fraction of sp³-hybridized carbons (Fsp3) is 0.0667. The summed E-state index contributed by atoms with van der Waals surface area (Å²) >= 11 is 5.86. The summed E-state index contributed by atoms with van der Waals surface area (Å²) in [6, 6.07) is 5.37. The second-order valence-corrected chi connectivity index (χ2v) is 4.60. The molecule has 3 rings (SSSR count). The molecule has 0 aliphatic heterocycles. The monoisotopic (exact) mass is 315 g/mol. The van der Waals surface area contributed by atoms with Crippen LogP contribution >= 0.6 is 11.6 Å². The molecular formula is C15H14ClN5O. The topological polar surface area (TPSA) is 72.7 Å². The highest BCUT2D eigenvalue weighted by molar-refractivity contribution is 6.29. The molecule has 0 bridgehead atoms. The molecule has 22 heavy (non-hydrogen) atoms. The van der Waals surface area contributed by atoms with Crippen LogP contribution in [0.25, 0.3) is 16.9 Å². The van der Waals surface area contributed by atoms with E-state index in [0.717, 1.165) is 11.0 Å². The number of carbonyl (C=O) groups excluding carboxylic acids is 1. The third-order valence-electron chi connectivity index (χ3n) is 2.84. The van der Waals surface area contributed by atoms with Crippen LogP contribution in [0.2, 0.25) is 5.15 Å². The third-order valence-corrected chi connectivity index (χ3v) is 3.02. The molecule has 0 fully saturated rings. The maximum absolute atomic E-state index is 11.4. The fourth-order valence-corrected chi connectivity index (χ4v) is 2.05. The van der Waals surface area contributed by atoms with Crippen molar-refractivity contribution in [3.05, 3.63) is 54.7 Å². The molecule has 112 valence electrons. The van der Waals surface area contributed by atoms with Crippen LogP contribution in [0, 0.1) is 0 Å². The number of nitrogens with zero attached hydrogens (tertiary/aromatic N) is 4. The second kappa shape index (κ2) is 6.36. The maximum atomic E-state index is 11.4. The Morgan fingerprint density at radius 2 is 2.18 bits per heavy atom. The standard InChI is InChI=1S/C14H10ClN5O.CH4/c1-2-14(21)18-9-3-4-10-11(5-9)20(8-17-10)13-7-16-6-12(15)19-13;/h2-8H,1H2,(H,18,21);1H4. The Balaban J connectivity index is 0.00000176. The first kappa shape index (κ1) is 15.7. The van der Waals surface area contributed by atoms with Crippen LogP contribution in [0.5, 0.6) is 0 Å². The normalized spacial score (nSPS) is 10.0. The number of aromatic nitrogens is 4. The number of amides is 1. The molecule has 0 saturated carbocycles. The van der Waals surface area contributed by atoms with E-state index in [-0.39, 0.29) is 13.3 Å². The Kier molecular flexibility index (Phi) is 4.53. The van der Waals surface area contributed by atoms with Gasteiger partial charge in [0.25, 0.3) is 0 Å². The zero-order chi connectivity index (χ0) is 14.8. The van der Waals surface area contributed by atoms with Crippen molar-refractivity contribution in [2.24, 2.45) is 0 Å². The molecule has 3 aromatic rings. The first-order valence-corrected chi connectivity index (χ1v) is 6.43. The van der Waals surface area contributed by atoms with E-state index in [9.17, 15) is 4.79 Å². The number of rotatable bonds is 3. The molecular weight excluding hydrogens is 302 g/mol. The van der Waals surface area contributed by atoms with Gasteiger partial charge < -0.3 is 5.32 Å². The van der Waals surface area contributed by atoms with Crippen molar-refractivity contribution in [2.45, 2.75) is 7.43 Å². The van der Waals surface area contributed by atoms with Gasteiger partial charge in [-0.3, -0.25) is 14.3 Å². The smallest absolute Gasteiger partial charge is 0.247 e. The predicted octanol–water partition coefficient (Wildman–Crippen LogP) is 3.23. The van der Waals surface area contributed by atoms with Gasteiger partial charge in [-0.15, -0.1) is 0 Å². The van der Waals surface area contributed by atoms with Crippen LogP contribution in [0.3, 0.4) is 0 Å². The van der Waals surface area contributed by atoms with Gasteiger partial charge in [-0.05, 0) is 24.3 Å². The Hall–Kier alpha value is -2.73. The summed E-state index contributed by atoms with van der Waals surface area (Å²) in [5.74, 6) is 0.278. The summed E-state index contributed by atoms with van der Waals surface area (Å²) in [4.78, 5) is 23.8. The number of hydrogen-bond donors (Lipinski definition) is 1. The lowest BCUT2D eigenvalue weighted by molar-refractivity contribution is -0.111. The molecule has 1 amide bonds. The van der Waals surface area contributed by atoms with Crippen molar-refractivity contribution in [1.82, 2.24) is 19.5 Å². The zero-order valence-corrected chi connectivity index (χ0v) is 11.6. The molecule has 1 aromatic carbocycles. The number of nitrogens with one attached hydrogen (secondary N) is 1. The number of hydrogen-bond acceptors (Lipinski definition) is 4. The quantitative estimate of drug-likeness (QED) is 0.753. The van der Waals surface area contributed by atoms with Crippen molar-refractivity contribution in [2.75, 3.05) is 5.32 Å². The molecule has 7 heteroatoms. The minimum Gasteiger partial charge on any atom is -0.322 e. The predicted molar refractivity (Wildman–Crippen MR) is 87.2 cm³/mol. The first-order valence-electron chi connectivity index (χ1n) is 6.06. The van der Waals surface area contributed by atoms with Crippen LogP contribution in [-0.2, 0) is 4.79 Å². The number of fused-ring (bicyclic) bond motifs is 1. The number of halogens is 1. The highest BCUT2D eigenvalue weighted by atomic mass is 35.5. The number of carbonyl (C=O) groups is 1.